The van der Waals surface area contributed by atoms with Gasteiger partial charge in [0.25, 0.3) is 0 Å². The summed E-state index contributed by atoms with van der Waals surface area (Å²) in [5.41, 5.74) is 2.57. The zero-order valence-electron chi connectivity index (χ0n) is 16.3. The molecule has 1 saturated heterocycles. The van der Waals surface area contributed by atoms with E-state index in [4.69, 9.17) is 0 Å². The highest BCUT2D eigenvalue weighted by Crippen LogP contribution is 2.28. The molecular formula is C18H27N9. The molecule has 1 fully saturated rings. The molecule has 0 aliphatic carbocycles. The van der Waals surface area contributed by atoms with Gasteiger partial charge >= 0.3 is 0 Å². The smallest absolute Gasteiger partial charge is 0.154 e. The average Bonchev–Trinajstić information content (AvgIpc) is 3.40. The molecule has 0 spiro atoms. The number of piperidine rings is 1. The zero-order chi connectivity index (χ0) is 18.8. The molecule has 27 heavy (non-hydrogen) atoms. The molecule has 0 bridgehead atoms. The molecule has 1 aliphatic heterocycles. The van der Waals surface area contributed by atoms with Gasteiger partial charge in [-0.25, -0.2) is 9.67 Å². The van der Waals surface area contributed by atoms with Crippen molar-refractivity contribution >= 4 is 0 Å². The van der Waals surface area contributed by atoms with Gasteiger partial charge in [-0.1, -0.05) is 0 Å². The van der Waals surface area contributed by atoms with Gasteiger partial charge in [0, 0.05) is 37.3 Å². The van der Waals surface area contributed by atoms with Crippen LogP contribution < -0.4 is 0 Å². The number of aryl methyl sites for hydroxylation is 1. The van der Waals surface area contributed by atoms with Crippen LogP contribution >= 0.6 is 0 Å². The Bertz CT molecular complexity index is 869. The quantitative estimate of drug-likeness (QED) is 0.652. The van der Waals surface area contributed by atoms with E-state index in [-0.39, 0.29) is 0 Å². The van der Waals surface area contributed by atoms with E-state index < -0.39 is 0 Å². The van der Waals surface area contributed by atoms with Gasteiger partial charge in [0.15, 0.2) is 5.82 Å². The van der Waals surface area contributed by atoms with Gasteiger partial charge < -0.3 is 4.57 Å². The van der Waals surface area contributed by atoms with Gasteiger partial charge in [-0.3, -0.25) is 9.58 Å². The molecule has 4 heterocycles. The van der Waals surface area contributed by atoms with Crippen molar-refractivity contribution in [1.82, 2.24) is 44.2 Å². The molecule has 4 rings (SSSR count). The van der Waals surface area contributed by atoms with Crippen molar-refractivity contribution < 1.29 is 0 Å². The molecule has 144 valence electrons. The first-order chi connectivity index (χ1) is 13.2. The molecule has 9 heteroatoms. The Hall–Kier alpha value is -2.55. The van der Waals surface area contributed by atoms with Crippen LogP contribution in [0.1, 0.15) is 48.6 Å². The first kappa shape index (κ1) is 17.8. The molecule has 3 aromatic rings. The summed E-state index contributed by atoms with van der Waals surface area (Å²) in [5.74, 6) is 2.53. The van der Waals surface area contributed by atoms with E-state index in [1.54, 1.807) is 17.3 Å². The number of hydrogen-bond donors (Lipinski definition) is 0. The van der Waals surface area contributed by atoms with E-state index in [1.165, 1.54) is 11.3 Å². The van der Waals surface area contributed by atoms with Crippen molar-refractivity contribution in [3.8, 4) is 0 Å². The van der Waals surface area contributed by atoms with E-state index in [0.29, 0.717) is 12.5 Å². The minimum atomic E-state index is 0.466. The number of nitrogens with zero attached hydrogens (tertiary/aromatic N) is 9. The molecule has 0 radical (unpaired) electrons. The summed E-state index contributed by atoms with van der Waals surface area (Å²) in [6.45, 7) is 8.90. The Kier molecular flexibility index (Phi) is 5.02. The van der Waals surface area contributed by atoms with E-state index in [9.17, 15) is 0 Å². The highest BCUT2D eigenvalue weighted by atomic mass is 15.4. The lowest BCUT2D eigenvalue weighted by Gasteiger charge is -2.31. The minimum Gasteiger partial charge on any atom is -0.313 e. The Morgan fingerprint density at radius 1 is 1.11 bits per heavy atom. The predicted molar refractivity (Wildman–Crippen MR) is 100 cm³/mol. The molecule has 0 saturated carbocycles. The van der Waals surface area contributed by atoms with Crippen LogP contribution in [0.4, 0.5) is 0 Å². The number of aromatic nitrogens is 8. The maximum atomic E-state index is 4.54. The normalized spacial score (nSPS) is 16.3. The van der Waals surface area contributed by atoms with Crippen molar-refractivity contribution in [2.24, 2.45) is 7.05 Å². The van der Waals surface area contributed by atoms with Crippen molar-refractivity contribution in [3.05, 3.63) is 41.8 Å². The largest absolute Gasteiger partial charge is 0.313 e. The average molecular weight is 369 g/mol. The first-order valence-corrected chi connectivity index (χ1v) is 9.60. The lowest BCUT2D eigenvalue weighted by molar-refractivity contribution is 0.199. The molecule has 0 amide bonds. The van der Waals surface area contributed by atoms with Gasteiger partial charge in [-0.2, -0.15) is 10.2 Å². The topological polar surface area (TPSA) is 82.5 Å². The molecule has 0 atom stereocenters. The molecule has 0 unspecified atom stereocenters. The van der Waals surface area contributed by atoms with Crippen LogP contribution in [0.15, 0.2) is 18.9 Å². The number of likely N-dealkylation sites (tertiary alicyclic amines) is 1. The van der Waals surface area contributed by atoms with Gasteiger partial charge in [0.2, 0.25) is 0 Å². The van der Waals surface area contributed by atoms with Crippen LogP contribution in [-0.4, -0.2) is 57.3 Å². The summed E-state index contributed by atoms with van der Waals surface area (Å²) in [5, 5.41) is 17.5. The van der Waals surface area contributed by atoms with Crippen LogP contribution in [0.3, 0.4) is 0 Å². The summed E-state index contributed by atoms with van der Waals surface area (Å²) < 4.78 is 5.98. The lowest BCUT2D eigenvalue weighted by atomic mass is 9.95. The van der Waals surface area contributed by atoms with E-state index in [0.717, 1.165) is 50.7 Å². The second kappa shape index (κ2) is 7.59. The molecular weight excluding hydrogens is 342 g/mol. The monoisotopic (exact) mass is 369 g/mol. The molecule has 3 aromatic heterocycles. The van der Waals surface area contributed by atoms with Gasteiger partial charge in [-0.05, 0) is 39.8 Å². The summed E-state index contributed by atoms with van der Waals surface area (Å²) in [7, 11) is 2.00. The van der Waals surface area contributed by atoms with E-state index in [1.807, 2.05) is 17.9 Å². The summed E-state index contributed by atoms with van der Waals surface area (Å²) >= 11 is 0. The fourth-order valence-corrected chi connectivity index (χ4v) is 3.86. The molecule has 1 aliphatic rings. The predicted octanol–water partition coefficient (Wildman–Crippen LogP) is 1.36. The van der Waals surface area contributed by atoms with Gasteiger partial charge in [-0.15, -0.1) is 10.2 Å². The maximum absolute atomic E-state index is 4.54. The van der Waals surface area contributed by atoms with Crippen molar-refractivity contribution in [2.45, 2.75) is 52.2 Å². The number of hydrogen-bond acceptors (Lipinski definition) is 6. The third-order valence-electron chi connectivity index (χ3n) is 5.63. The SMILES string of the molecule is CCn1c(Cn2cncn2)nnc1C1CCN(Cc2cnn(C)c2C)CC1. The second-order valence-corrected chi connectivity index (χ2v) is 7.24. The van der Waals surface area contributed by atoms with Crippen LogP contribution in [0.25, 0.3) is 0 Å². The van der Waals surface area contributed by atoms with E-state index >= 15 is 0 Å². The zero-order valence-corrected chi connectivity index (χ0v) is 16.3. The van der Waals surface area contributed by atoms with Crippen molar-refractivity contribution in [2.75, 3.05) is 13.1 Å². The third kappa shape index (κ3) is 3.64. The Morgan fingerprint density at radius 2 is 1.93 bits per heavy atom. The standard InChI is InChI=1S/C18H27N9/c1-4-27-17(11-26-13-19-12-21-26)22-23-18(27)15-5-7-25(8-6-15)10-16-9-20-24(3)14(16)2/h9,12-13,15H,4-8,10-11H2,1-3H3. The van der Waals surface area contributed by atoms with Crippen LogP contribution in [-0.2, 0) is 26.7 Å². The Morgan fingerprint density at radius 3 is 2.56 bits per heavy atom. The lowest BCUT2D eigenvalue weighted by Crippen LogP contribution is -2.33. The first-order valence-electron chi connectivity index (χ1n) is 9.60. The molecule has 9 nitrogen and oxygen atoms in total. The van der Waals surface area contributed by atoms with Crippen LogP contribution in [0.5, 0.6) is 0 Å². The maximum Gasteiger partial charge on any atom is 0.154 e. The summed E-state index contributed by atoms with van der Waals surface area (Å²) in [6.07, 6.45) is 7.48. The van der Waals surface area contributed by atoms with Crippen molar-refractivity contribution in [3.63, 3.8) is 0 Å². The minimum absolute atomic E-state index is 0.466. The highest BCUT2D eigenvalue weighted by molar-refractivity contribution is 5.16. The second-order valence-electron chi connectivity index (χ2n) is 7.24. The van der Waals surface area contributed by atoms with E-state index in [2.05, 4.69) is 48.7 Å². The molecule has 0 aromatic carbocycles. The van der Waals surface area contributed by atoms with Crippen molar-refractivity contribution in [1.29, 1.82) is 0 Å². The van der Waals surface area contributed by atoms with Crippen LogP contribution in [0, 0.1) is 6.92 Å². The summed E-state index contributed by atoms with van der Waals surface area (Å²) in [4.78, 5) is 6.52. The third-order valence-corrected chi connectivity index (χ3v) is 5.63. The molecule has 0 N–H and O–H groups in total. The Labute approximate surface area is 159 Å². The fourth-order valence-electron chi connectivity index (χ4n) is 3.86. The fraction of sp³-hybridized carbons (Fsp3) is 0.611. The number of rotatable bonds is 6. The van der Waals surface area contributed by atoms with Gasteiger partial charge in [0.05, 0.1) is 6.20 Å². The Balaban J connectivity index is 1.40. The van der Waals surface area contributed by atoms with Crippen LogP contribution in [0.2, 0.25) is 0 Å². The van der Waals surface area contributed by atoms with Gasteiger partial charge in [0.1, 0.15) is 25.0 Å². The highest BCUT2D eigenvalue weighted by Gasteiger charge is 2.26. The summed E-state index contributed by atoms with van der Waals surface area (Å²) in [6, 6.07) is 0.